The molecule has 0 unspecified atom stereocenters. The average Bonchev–Trinajstić information content (AvgIpc) is 3.29. The standard InChI is InChI=1S/C23H22ClNO8/c1-29-17-9-13(10-18-21(17)32-11-31-18)15-6-7-16(26)20(19(15)25-23(28)30-2)33-22(27)12-4-3-5-14(24)8-12/h3-5,8-10,15,19-20H,6-7,11H2,1-2H3,(H,25,28)/t15-,19-,20+/m1/s1. The number of nitrogens with one attached hydrogen (secondary N) is 1. The molecule has 0 radical (unpaired) electrons. The van der Waals surface area contributed by atoms with Crippen molar-refractivity contribution in [2.45, 2.75) is 30.9 Å². The van der Waals surface area contributed by atoms with Gasteiger partial charge in [0.1, 0.15) is 0 Å². The molecule has 2 aromatic rings. The lowest BCUT2D eigenvalue weighted by Crippen LogP contribution is -2.54. The Hall–Kier alpha value is -3.46. The first kappa shape index (κ1) is 22.7. The Bertz CT molecular complexity index is 1090. The Kier molecular flexibility index (Phi) is 6.60. The third-order valence-corrected chi connectivity index (χ3v) is 5.89. The number of rotatable bonds is 5. The molecule has 10 heteroatoms. The molecule has 1 saturated carbocycles. The van der Waals surface area contributed by atoms with Crippen LogP contribution >= 0.6 is 11.6 Å². The number of esters is 1. The van der Waals surface area contributed by atoms with Crippen LogP contribution in [-0.4, -0.2) is 51.0 Å². The molecule has 0 aromatic heterocycles. The van der Waals surface area contributed by atoms with Crippen LogP contribution < -0.4 is 19.5 Å². The van der Waals surface area contributed by atoms with Gasteiger partial charge in [-0.15, -0.1) is 0 Å². The summed E-state index contributed by atoms with van der Waals surface area (Å²) in [5.74, 6) is -0.00388. The Morgan fingerprint density at radius 3 is 2.70 bits per heavy atom. The lowest BCUT2D eigenvalue weighted by Gasteiger charge is -2.37. The lowest BCUT2D eigenvalue weighted by molar-refractivity contribution is -0.132. The van der Waals surface area contributed by atoms with Gasteiger partial charge in [0.05, 0.1) is 25.8 Å². The van der Waals surface area contributed by atoms with Gasteiger partial charge >= 0.3 is 12.1 Å². The van der Waals surface area contributed by atoms with Gasteiger partial charge in [0.2, 0.25) is 12.5 Å². The molecule has 1 aliphatic heterocycles. The van der Waals surface area contributed by atoms with Crippen molar-refractivity contribution >= 4 is 29.4 Å². The van der Waals surface area contributed by atoms with Crippen molar-refractivity contribution in [2.75, 3.05) is 21.0 Å². The van der Waals surface area contributed by atoms with Gasteiger partial charge in [0, 0.05) is 17.4 Å². The molecule has 33 heavy (non-hydrogen) atoms. The van der Waals surface area contributed by atoms with Crippen LogP contribution in [0.5, 0.6) is 17.2 Å². The molecule has 1 aliphatic carbocycles. The second-order valence-electron chi connectivity index (χ2n) is 7.57. The number of ketones is 1. The van der Waals surface area contributed by atoms with E-state index in [-0.39, 0.29) is 24.6 Å². The molecule has 2 aromatic carbocycles. The van der Waals surface area contributed by atoms with Crippen molar-refractivity contribution in [3.05, 3.63) is 52.5 Å². The summed E-state index contributed by atoms with van der Waals surface area (Å²) in [6.45, 7) is 0.0576. The molecule has 3 atom stereocenters. The van der Waals surface area contributed by atoms with E-state index in [0.717, 1.165) is 5.56 Å². The summed E-state index contributed by atoms with van der Waals surface area (Å²) in [5, 5.41) is 3.03. The van der Waals surface area contributed by atoms with Gasteiger partial charge in [-0.2, -0.15) is 0 Å². The Morgan fingerprint density at radius 1 is 1.15 bits per heavy atom. The van der Waals surface area contributed by atoms with E-state index < -0.39 is 30.1 Å². The van der Waals surface area contributed by atoms with Crippen LogP contribution in [0.3, 0.4) is 0 Å². The van der Waals surface area contributed by atoms with E-state index in [1.807, 2.05) is 0 Å². The minimum absolute atomic E-state index is 0.0576. The van der Waals surface area contributed by atoms with E-state index in [4.69, 9.17) is 35.3 Å². The van der Waals surface area contributed by atoms with Crippen molar-refractivity contribution in [1.82, 2.24) is 5.32 Å². The summed E-state index contributed by atoms with van der Waals surface area (Å²) < 4.78 is 26.7. The fourth-order valence-corrected chi connectivity index (χ4v) is 4.27. The SMILES string of the molecule is COC(=O)N[C@@H]1[C@@H](c2cc(OC)c3c(c2)OCO3)CCC(=O)[C@@H]1OC(=O)c1cccc(Cl)c1. The molecule has 0 bridgehead atoms. The summed E-state index contributed by atoms with van der Waals surface area (Å²) in [6, 6.07) is 8.85. The number of alkyl carbamates (subject to hydrolysis) is 1. The van der Waals surface area contributed by atoms with E-state index in [0.29, 0.717) is 28.7 Å². The number of carbonyl (C=O) groups excluding carboxylic acids is 3. The maximum Gasteiger partial charge on any atom is 0.407 e. The molecule has 1 amide bonds. The van der Waals surface area contributed by atoms with Crippen molar-refractivity contribution in [1.29, 1.82) is 0 Å². The monoisotopic (exact) mass is 475 g/mol. The zero-order chi connectivity index (χ0) is 23.5. The summed E-state index contributed by atoms with van der Waals surface area (Å²) >= 11 is 5.97. The first-order chi connectivity index (χ1) is 15.9. The fourth-order valence-electron chi connectivity index (χ4n) is 4.08. The predicted molar refractivity (Wildman–Crippen MR) is 116 cm³/mol. The number of methoxy groups -OCH3 is 2. The van der Waals surface area contributed by atoms with Crippen LogP contribution in [0.2, 0.25) is 5.02 Å². The quantitative estimate of drug-likeness (QED) is 0.655. The number of fused-ring (bicyclic) bond motifs is 1. The number of hydrogen-bond donors (Lipinski definition) is 1. The molecule has 4 rings (SSSR count). The smallest absolute Gasteiger partial charge is 0.407 e. The number of amides is 1. The van der Waals surface area contributed by atoms with Crippen LogP contribution in [0.15, 0.2) is 36.4 Å². The van der Waals surface area contributed by atoms with Gasteiger partial charge in [-0.05, 0) is 42.3 Å². The minimum atomic E-state index is -1.23. The summed E-state index contributed by atoms with van der Waals surface area (Å²) in [7, 11) is 2.72. The molecule has 0 saturated heterocycles. The van der Waals surface area contributed by atoms with Crippen molar-refractivity contribution < 1.29 is 38.1 Å². The fraction of sp³-hybridized carbons (Fsp3) is 0.348. The molecule has 1 fully saturated rings. The molecule has 1 N–H and O–H groups in total. The molecule has 2 aliphatic rings. The highest BCUT2D eigenvalue weighted by Crippen LogP contribution is 2.45. The first-order valence-electron chi connectivity index (χ1n) is 10.2. The number of hydrogen-bond acceptors (Lipinski definition) is 8. The number of Topliss-reactive ketones (excluding diaryl/α,β-unsaturated/α-hetero) is 1. The first-order valence-corrected chi connectivity index (χ1v) is 10.6. The van der Waals surface area contributed by atoms with Gasteiger partial charge in [0.15, 0.2) is 23.4 Å². The van der Waals surface area contributed by atoms with E-state index >= 15 is 0 Å². The number of ether oxygens (including phenoxy) is 5. The van der Waals surface area contributed by atoms with Crippen LogP contribution in [0, 0.1) is 0 Å². The van der Waals surface area contributed by atoms with Gasteiger partial charge in [0.25, 0.3) is 0 Å². The molecule has 9 nitrogen and oxygen atoms in total. The van der Waals surface area contributed by atoms with E-state index in [2.05, 4.69) is 5.32 Å². The third kappa shape index (κ3) is 4.68. The Morgan fingerprint density at radius 2 is 1.97 bits per heavy atom. The van der Waals surface area contributed by atoms with Gasteiger partial charge in [-0.25, -0.2) is 9.59 Å². The van der Waals surface area contributed by atoms with Crippen molar-refractivity contribution in [3.63, 3.8) is 0 Å². The normalized spacial score (nSPS) is 21.3. The molecular formula is C23H22ClNO8. The maximum atomic E-state index is 12.8. The number of benzene rings is 2. The largest absolute Gasteiger partial charge is 0.493 e. The Labute approximate surface area is 194 Å². The highest BCUT2D eigenvalue weighted by atomic mass is 35.5. The zero-order valence-electron chi connectivity index (χ0n) is 18.0. The summed E-state index contributed by atoms with van der Waals surface area (Å²) in [4.78, 5) is 37.8. The zero-order valence-corrected chi connectivity index (χ0v) is 18.7. The van der Waals surface area contributed by atoms with Crippen LogP contribution in [0.4, 0.5) is 4.79 Å². The molecular weight excluding hydrogens is 454 g/mol. The third-order valence-electron chi connectivity index (χ3n) is 5.65. The highest BCUT2D eigenvalue weighted by Gasteiger charge is 2.44. The van der Waals surface area contributed by atoms with Crippen LogP contribution in [0.1, 0.15) is 34.7 Å². The second kappa shape index (κ2) is 9.58. The second-order valence-corrected chi connectivity index (χ2v) is 8.00. The van der Waals surface area contributed by atoms with E-state index in [9.17, 15) is 14.4 Å². The van der Waals surface area contributed by atoms with E-state index in [1.165, 1.54) is 26.4 Å². The van der Waals surface area contributed by atoms with E-state index in [1.54, 1.807) is 24.3 Å². The maximum absolute atomic E-state index is 12.8. The Balaban J connectivity index is 1.68. The average molecular weight is 476 g/mol. The van der Waals surface area contributed by atoms with Gasteiger partial charge < -0.3 is 29.0 Å². The lowest BCUT2D eigenvalue weighted by atomic mass is 9.77. The predicted octanol–water partition coefficient (Wildman–Crippen LogP) is 3.47. The highest BCUT2D eigenvalue weighted by molar-refractivity contribution is 6.30. The number of halogens is 1. The van der Waals surface area contributed by atoms with Gasteiger partial charge in [-0.1, -0.05) is 17.7 Å². The molecule has 1 heterocycles. The minimum Gasteiger partial charge on any atom is -0.493 e. The summed E-state index contributed by atoms with van der Waals surface area (Å²) in [6.07, 6.45) is -1.43. The molecule has 174 valence electrons. The topological polar surface area (TPSA) is 109 Å². The van der Waals surface area contributed by atoms with Crippen LogP contribution in [0.25, 0.3) is 0 Å². The summed E-state index contributed by atoms with van der Waals surface area (Å²) in [5.41, 5.74) is 0.924. The van der Waals surface area contributed by atoms with Crippen molar-refractivity contribution in [2.24, 2.45) is 0 Å². The van der Waals surface area contributed by atoms with Crippen LogP contribution in [-0.2, 0) is 14.3 Å². The van der Waals surface area contributed by atoms with Crippen molar-refractivity contribution in [3.8, 4) is 17.2 Å². The van der Waals surface area contributed by atoms with Gasteiger partial charge in [-0.3, -0.25) is 4.79 Å². The number of carbonyl (C=O) groups is 3. The molecule has 0 spiro atoms.